The molecule has 2 aromatic rings. The maximum Gasteiger partial charge on any atom is 0.0489 e. The second-order valence-corrected chi connectivity index (χ2v) is 9.91. The normalized spacial score (nSPS) is 16.6. The molecule has 1 aliphatic carbocycles. The Morgan fingerprint density at radius 2 is 1.50 bits per heavy atom. The molecule has 0 saturated carbocycles. The molecule has 3 rings (SSSR count). The zero-order valence-electron chi connectivity index (χ0n) is 13.5. The monoisotopic (exact) mass is 304 g/mol. The fourth-order valence-corrected chi connectivity index (χ4v) is 5.72. The molecule has 0 aromatic carbocycles. The quantitative estimate of drug-likeness (QED) is 0.561. The first-order valence-corrected chi connectivity index (χ1v) is 9.05. The Morgan fingerprint density at radius 1 is 0.950 bits per heavy atom. The molecule has 0 saturated heterocycles. The Bertz CT molecular complexity index is 660. The average molecular weight is 305 g/mol. The smallest absolute Gasteiger partial charge is 0.0489 e. The minimum absolute atomic E-state index is 0.175. The predicted octanol–water partition coefficient (Wildman–Crippen LogP) is 6.54. The molecule has 0 fully saturated rings. The van der Waals surface area contributed by atoms with Gasteiger partial charge in [-0.25, -0.2) is 0 Å². The van der Waals surface area contributed by atoms with Crippen molar-refractivity contribution in [2.75, 3.05) is 0 Å². The Labute approximate surface area is 130 Å². The van der Waals surface area contributed by atoms with Gasteiger partial charge in [-0.15, -0.1) is 22.7 Å². The van der Waals surface area contributed by atoms with E-state index in [2.05, 4.69) is 60.6 Å². The summed E-state index contributed by atoms with van der Waals surface area (Å²) in [5.74, 6) is 0.631. The van der Waals surface area contributed by atoms with Gasteiger partial charge in [0.1, 0.15) is 0 Å². The van der Waals surface area contributed by atoms with Gasteiger partial charge >= 0.3 is 0 Å². The largest absolute Gasteiger partial charge is 0.139 e. The van der Waals surface area contributed by atoms with Crippen molar-refractivity contribution in [2.45, 2.75) is 65.2 Å². The van der Waals surface area contributed by atoms with Crippen molar-refractivity contribution in [2.24, 2.45) is 0 Å². The number of rotatable bonds is 1. The van der Waals surface area contributed by atoms with Crippen LogP contribution in [0.4, 0.5) is 0 Å². The minimum atomic E-state index is 0.175. The van der Waals surface area contributed by atoms with E-state index in [9.17, 15) is 0 Å². The first-order chi connectivity index (χ1) is 9.12. The van der Waals surface area contributed by atoms with Crippen LogP contribution in [-0.2, 0) is 10.8 Å². The maximum atomic E-state index is 2.46. The molecule has 20 heavy (non-hydrogen) atoms. The van der Waals surface area contributed by atoms with Crippen molar-refractivity contribution in [3.8, 4) is 9.75 Å². The van der Waals surface area contributed by atoms with Gasteiger partial charge in [-0.3, -0.25) is 0 Å². The number of thiophene rings is 2. The van der Waals surface area contributed by atoms with Crippen molar-refractivity contribution < 1.29 is 0 Å². The molecule has 0 unspecified atom stereocenters. The summed E-state index contributed by atoms with van der Waals surface area (Å²) in [5.41, 5.74) is 3.52. The standard InChI is InChI=1S/C18H24S2/c1-10(2)13-8-11-15(19-13)16-12(18(11,6)7)9-14(20-16)17(3,4)5/h8-10H,1-7H3. The minimum Gasteiger partial charge on any atom is -0.139 e. The lowest BCUT2D eigenvalue weighted by atomic mass is 9.82. The van der Waals surface area contributed by atoms with E-state index in [1.807, 2.05) is 22.7 Å². The summed E-state index contributed by atoms with van der Waals surface area (Å²) in [6.07, 6.45) is 0. The van der Waals surface area contributed by atoms with Crippen LogP contribution < -0.4 is 0 Å². The summed E-state index contributed by atoms with van der Waals surface area (Å²) in [5, 5.41) is 0. The summed E-state index contributed by atoms with van der Waals surface area (Å²) in [6.45, 7) is 16.3. The Kier molecular flexibility index (Phi) is 3.02. The average Bonchev–Trinajstić information content (AvgIpc) is 2.95. The van der Waals surface area contributed by atoms with E-state index in [0.29, 0.717) is 5.92 Å². The predicted molar refractivity (Wildman–Crippen MR) is 92.5 cm³/mol. The highest BCUT2D eigenvalue weighted by Gasteiger charge is 2.40. The molecule has 2 heteroatoms. The lowest BCUT2D eigenvalue weighted by molar-refractivity contribution is 0.599. The highest BCUT2D eigenvalue weighted by atomic mass is 32.1. The Morgan fingerprint density at radius 3 is 2.05 bits per heavy atom. The highest BCUT2D eigenvalue weighted by molar-refractivity contribution is 7.22. The lowest BCUT2D eigenvalue weighted by Crippen LogP contribution is -2.15. The fourth-order valence-electron chi connectivity index (χ4n) is 2.87. The van der Waals surface area contributed by atoms with E-state index in [-0.39, 0.29) is 10.8 Å². The SMILES string of the molecule is CC(C)c1cc2c(s1)-c1sc(C(C)(C)C)cc1C2(C)C. The van der Waals surface area contributed by atoms with Gasteiger partial charge in [0, 0.05) is 24.9 Å². The Balaban J connectivity index is 2.21. The number of hydrogen-bond donors (Lipinski definition) is 0. The molecular formula is C18H24S2. The summed E-state index contributed by atoms with van der Waals surface area (Å²) in [6, 6.07) is 4.91. The van der Waals surface area contributed by atoms with Crippen LogP contribution in [0.25, 0.3) is 9.75 Å². The summed E-state index contributed by atoms with van der Waals surface area (Å²) >= 11 is 4.02. The van der Waals surface area contributed by atoms with Gasteiger partial charge in [0.2, 0.25) is 0 Å². The topological polar surface area (TPSA) is 0 Å². The maximum absolute atomic E-state index is 2.46. The van der Waals surface area contributed by atoms with Crippen molar-refractivity contribution in [1.29, 1.82) is 0 Å². The van der Waals surface area contributed by atoms with Crippen LogP contribution in [0, 0.1) is 0 Å². The van der Waals surface area contributed by atoms with E-state index in [1.165, 1.54) is 19.5 Å². The van der Waals surface area contributed by atoms with Gasteiger partial charge in [-0.2, -0.15) is 0 Å². The van der Waals surface area contributed by atoms with E-state index < -0.39 is 0 Å². The second kappa shape index (κ2) is 4.20. The van der Waals surface area contributed by atoms with E-state index in [0.717, 1.165) is 0 Å². The fraction of sp³-hybridized carbons (Fsp3) is 0.556. The molecule has 108 valence electrons. The van der Waals surface area contributed by atoms with Crippen LogP contribution in [0.2, 0.25) is 0 Å². The molecule has 0 atom stereocenters. The Hall–Kier alpha value is -0.600. The zero-order valence-corrected chi connectivity index (χ0v) is 15.2. The van der Waals surface area contributed by atoms with Gasteiger partial charge in [-0.1, -0.05) is 48.5 Å². The molecule has 0 radical (unpaired) electrons. The molecule has 2 aromatic heterocycles. The van der Waals surface area contributed by atoms with Crippen molar-refractivity contribution >= 4 is 22.7 Å². The first-order valence-electron chi connectivity index (χ1n) is 7.41. The van der Waals surface area contributed by atoms with E-state index in [1.54, 1.807) is 11.1 Å². The number of hydrogen-bond acceptors (Lipinski definition) is 2. The molecule has 0 amide bonds. The van der Waals surface area contributed by atoms with Crippen molar-refractivity contribution in [1.82, 2.24) is 0 Å². The van der Waals surface area contributed by atoms with E-state index >= 15 is 0 Å². The molecule has 0 nitrogen and oxygen atoms in total. The van der Waals surface area contributed by atoms with Crippen LogP contribution in [0.15, 0.2) is 12.1 Å². The third-order valence-corrected chi connectivity index (χ3v) is 7.50. The molecule has 2 heterocycles. The lowest BCUT2D eigenvalue weighted by Gasteiger charge is -2.21. The second-order valence-electron chi connectivity index (χ2n) is 7.77. The van der Waals surface area contributed by atoms with Crippen LogP contribution in [0.1, 0.15) is 75.3 Å². The zero-order chi connectivity index (χ0) is 14.9. The van der Waals surface area contributed by atoms with Gasteiger partial charge < -0.3 is 0 Å². The summed E-state index contributed by atoms with van der Waals surface area (Å²) in [7, 11) is 0. The molecule has 1 aliphatic rings. The van der Waals surface area contributed by atoms with Gasteiger partial charge in [-0.05, 0) is 34.6 Å². The third kappa shape index (κ3) is 1.92. The van der Waals surface area contributed by atoms with Gasteiger partial charge in [0.15, 0.2) is 0 Å². The van der Waals surface area contributed by atoms with Gasteiger partial charge in [0.05, 0.1) is 0 Å². The molecule has 0 spiro atoms. The van der Waals surface area contributed by atoms with E-state index in [4.69, 9.17) is 0 Å². The number of fused-ring (bicyclic) bond motifs is 3. The van der Waals surface area contributed by atoms with Crippen LogP contribution in [-0.4, -0.2) is 0 Å². The summed E-state index contributed by atoms with van der Waals surface area (Å²) < 4.78 is 0. The molecule has 0 N–H and O–H groups in total. The van der Waals surface area contributed by atoms with Crippen molar-refractivity contribution in [3.63, 3.8) is 0 Å². The van der Waals surface area contributed by atoms with Gasteiger partial charge in [0.25, 0.3) is 0 Å². The molecular weight excluding hydrogens is 280 g/mol. The van der Waals surface area contributed by atoms with Crippen LogP contribution >= 0.6 is 22.7 Å². The molecule has 0 bridgehead atoms. The summed E-state index contributed by atoms with van der Waals surface area (Å²) in [4.78, 5) is 6.11. The highest BCUT2D eigenvalue weighted by Crippen LogP contribution is 2.57. The molecule has 0 aliphatic heterocycles. The van der Waals surface area contributed by atoms with Crippen LogP contribution in [0.3, 0.4) is 0 Å². The first kappa shape index (κ1) is 14.3. The third-order valence-electron chi connectivity index (χ3n) is 4.34. The van der Waals surface area contributed by atoms with Crippen LogP contribution in [0.5, 0.6) is 0 Å². The van der Waals surface area contributed by atoms with Crippen molar-refractivity contribution in [3.05, 3.63) is 33.0 Å².